The zero-order chi connectivity index (χ0) is 25.7. The first-order chi connectivity index (χ1) is 17.4. The fraction of sp³-hybridized carbons (Fsp3) is 0.429. The van der Waals surface area contributed by atoms with Gasteiger partial charge in [0.1, 0.15) is 17.3 Å². The van der Waals surface area contributed by atoms with Gasteiger partial charge in [0, 0.05) is 31.7 Å². The van der Waals surface area contributed by atoms with Crippen LogP contribution in [-0.4, -0.2) is 79.2 Å². The highest BCUT2D eigenvalue weighted by Gasteiger charge is 2.45. The number of carbonyl (C=O) groups is 2. The normalized spacial score (nSPS) is 20.2. The molecule has 2 fully saturated rings. The Hall–Kier alpha value is -3.36. The minimum atomic E-state index is -0.688. The van der Waals surface area contributed by atoms with Crippen LogP contribution in [0.4, 0.5) is 0 Å². The van der Waals surface area contributed by atoms with Crippen LogP contribution in [0, 0.1) is 0 Å². The maximum absolute atomic E-state index is 13.2. The average molecular weight is 495 g/mol. The Morgan fingerprint density at radius 2 is 1.64 bits per heavy atom. The molecule has 2 aromatic carbocycles. The molecule has 0 saturated carbocycles. The number of amides is 1. The fourth-order valence-electron chi connectivity index (χ4n) is 4.65. The Balaban J connectivity index is 1.65. The average Bonchev–Trinajstić information content (AvgIpc) is 3.14. The number of nitrogens with zero attached hydrogens (tertiary/aromatic N) is 2. The lowest BCUT2D eigenvalue weighted by atomic mass is 9.95. The van der Waals surface area contributed by atoms with E-state index in [0.717, 1.165) is 25.2 Å². The van der Waals surface area contributed by atoms with Crippen molar-refractivity contribution in [1.29, 1.82) is 0 Å². The van der Waals surface area contributed by atoms with Crippen LogP contribution in [0.2, 0.25) is 0 Å². The number of benzene rings is 2. The first-order valence-corrected chi connectivity index (χ1v) is 12.4. The van der Waals surface area contributed by atoms with Gasteiger partial charge < -0.3 is 24.2 Å². The van der Waals surface area contributed by atoms with Crippen molar-refractivity contribution >= 4 is 17.4 Å². The van der Waals surface area contributed by atoms with E-state index >= 15 is 0 Å². The van der Waals surface area contributed by atoms with Crippen molar-refractivity contribution in [1.82, 2.24) is 9.80 Å². The molecule has 0 spiro atoms. The van der Waals surface area contributed by atoms with Crippen LogP contribution in [0.25, 0.3) is 5.76 Å². The first kappa shape index (κ1) is 25.7. The lowest BCUT2D eigenvalue weighted by Gasteiger charge is -2.29. The Morgan fingerprint density at radius 1 is 1.00 bits per heavy atom. The highest BCUT2D eigenvalue weighted by Crippen LogP contribution is 2.40. The summed E-state index contributed by atoms with van der Waals surface area (Å²) in [6, 6.07) is 13.4. The number of methoxy groups -OCH3 is 1. The minimum absolute atomic E-state index is 0.0160. The van der Waals surface area contributed by atoms with Crippen molar-refractivity contribution in [2.45, 2.75) is 32.4 Å². The van der Waals surface area contributed by atoms with Gasteiger partial charge in [0.05, 0.1) is 38.0 Å². The van der Waals surface area contributed by atoms with E-state index in [1.165, 1.54) is 0 Å². The van der Waals surface area contributed by atoms with Crippen LogP contribution >= 0.6 is 0 Å². The summed E-state index contributed by atoms with van der Waals surface area (Å²) in [4.78, 5) is 30.3. The number of likely N-dealkylation sites (tertiary alicyclic amines) is 1. The topological polar surface area (TPSA) is 88.5 Å². The van der Waals surface area contributed by atoms with Crippen LogP contribution in [0.5, 0.6) is 11.5 Å². The highest BCUT2D eigenvalue weighted by atomic mass is 16.5. The monoisotopic (exact) mass is 494 g/mol. The molecule has 8 heteroatoms. The van der Waals surface area contributed by atoms with Crippen LogP contribution in [0.1, 0.15) is 37.4 Å². The SMILES string of the molecule is COc1ccc(C2C(=C(O)c3ccc(OC(C)C)cc3)C(=O)C(=O)N2CCCN2CCOCC2)cc1. The summed E-state index contributed by atoms with van der Waals surface area (Å²) in [5.41, 5.74) is 1.28. The molecule has 8 nitrogen and oxygen atoms in total. The smallest absolute Gasteiger partial charge is 0.295 e. The fourth-order valence-corrected chi connectivity index (χ4v) is 4.65. The van der Waals surface area contributed by atoms with Gasteiger partial charge in [-0.05, 0) is 62.2 Å². The molecule has 2 saturated heterocycles. The van der Waals surface area contributed by atoms with Gasteiger partial charge in [-0.3, -0.25) is 14.5 Å². The number of hydrogen-bond acceptors (Lipinski definition) is 7. The largest absolute Gasteiger partial charge is 0.507 e. The molecule has 0 aromatic heterocycles. The van der Waals surface area contributed by atoms with Gasteiger partial charge in [0.2, 0.25) is 0 Å². The number of aliphatic hydroxyl groups excluding tert-OH is 1. The number of hydrogen-bond donors (Lipinski definition) is 1. The van der Waals surface area contributed by atoms with Crippen LogP contribution in [-0.2, 0) is 14.3 Å². The van der Waals surface area contributed by atoms with Crippen molar-refractivity contribution < 1.29 is 28.9 Å². The first-order valence-electron chi connectivity index (χ1n) is 12.4. The third kappa shape index (κ3) is 5.71. The third-order valence-corrected chi connectivity index (χ3v) is 6.45. The maximum Gasteiger partial charge on any atom is 0.295 e. The van der Waals surface area contributed by atoms with Crippen molar-refractivity contribution in [3.8, 4) is 11.5 Å². The van der Waals surface area contributed by atoms with E-state index in [-0.39, 0.29) is 17.4 Å². The van der Waals surface area contributed by atoms with Gasteiger partial charge in [0.15, 0.2) is 0 Å². The molecular weight excluding hydrogens is 460 g/mol. The van der Waals surface area contributed by atoms with Gasteiger partial charge in [0.25, 0.3) is 11.7 Å². The van der Waals surface area contributed by atoms with Crippen molar-refractivity contribution in [2.24, 2.45) is 0 Å². The Labute approximate surface area is 212 Å². The second-order valence-corrected chi connectivity index (χ2v) is 9.26. The van der Waals surface area contributed by atoms with Crippen LogP contribution in [0.3, 0.4) is 0 Å². The molecule has 2 heterocycles. The molecule has 2 aliphatic rings. The lowest BCUT2D eigenvalue weighted by Crippen LogP contribution is -2.38. The van der Waals surface area contributed by atoms with Gasteiger partial charge >= 0.3 is 0 Å². The predicted molar refractivity (Wildman–Crippen MR) is 136 cm³/mol. The second-order valence-electron chi connectivity index (χ2n) is 9.26. The van der Waals surface area contributed by atoms with Crippen molar-refractivity contribution in [2.75, 3.05) is 46.5 Å². The van der Waals surface area contributed by atoms with E-state index in [9.17, 15) is 14.7 Å². The van der Waals surface area contributed by atoms with E-state index in [4.69, 9.17) is 14.2 Å². The molecule has 1 atom stereocenters. The maximum atomic E-state index is 13.2. The zero-order valence-corrected chi connectivity index (χ0v) is 21.1. The number of aliphatic hydroxyl groups is 1. The number of Topliss-reactive ketones (excluding diaryl/α,β-unsaturated/α-hetero) is 1. The molecule has 0 aliphatic carbocycles. The molecule has 0 bridgehead atoms. The summed E-state index contributed by atoms with van der Waals surface area (Å²) in [6.45, 7) is 8.20. The molecule has 2 aromatic rings. The molecule has 192 valence electrons. The number of carbonyl (C=O) groups excluding carboxylic acids is 2. The minimum Gasteiger partial charge on any atom is -0.507 e. The van der Waals surface area contributed by atoms with E-state index < -0.39 is 17.7 Å². The van der Waals surface area contributed by atoms with E-state index in [1.807, 2.05) is 26.0 Å². The van der Waals surface area contributed by atoms with Crippen LogP contribution < -0.4 is 9.47 Å². The molecule has 0 radical (unpaired) electrons. The van der Waals surface area contributed by atoms with Crippen molar-refractivity contribution in [3.05, 3.63) is 65.2 Å². The Morgan fingerprint density at radius 3 is 2.25 bits per heavy atom. The Bertz CT molecular complexity index is 1090. The summed E-state index contributed by atoms with van der Waals surface area (Å²) in [5, 5.41) is 11.3. The van der Waals surface area contributed by atoms with E-state index in [0.29, 0.717) is 43.2 Å². The van der Waals surface area contributed by atoms with Gasteiger partial charge in [-0.25, -0.2) is 0 Å². The number of morpholine rings is 1. The summed E-state index contributed by atoms with van der Waals surface area (Å²) in [6.07, 6.45) is 0.725. The number of rotatable bonds is 9. The van der Waals surface area contributed by atoms with Gasteiger partial charge in [-0.1, -0.05) is 12.1 Å². The molecule has 1 amide bonds. The number of ether oxygens (including phenoxy) is 3. The molecule has 36 heavy (non-hydrogen) atoms. The zero-order valence-electron chi connectivity index (χ0n) is 21.1. The molecule has 1 N–H and O–H groups in total. The molecule has 4 rings (SSSR count). The van der Waals surface area contributed by atoms with Gasteiger partial charge in [-0.15, -0.1) is 0 Å². The summed E-state index contributed by atoms with van der Waals surface area (Å²) in [5.74, 6) is -0.136. The number of ketones is 1. The van der Waals surface area contributed by atoms with Crippen molar-refractivity contribution in [3.63, 3.8) is 0 Å². The summed E-state index contributed by atoms with van der Waals surface area (Å²) < 4.78 is 16.4. The predicted octanol–water partition coefficient (Wildman–Crippen LogP) is 3.63. The molecule has 1 unspecified atom stereocenters. The standard InChI is InChI=1S/C28H34N2O6/c1-19(2)36-23-11-7-21(8-12-23)26(31)24-25(20-5-9-22(34-3)10-6-20)30(28(33)27(24)32)14-4-13-29-15-17-35-18-16-29/h5-12,19,25,31H,4,13-18H2,1-3H3. The summed E-state index contributed by atoms with van der Waals surface area (Å²) >= 11 is 0. The third-order valence-electron chi connectivity index (χ3n) is 6.45. The second kappa shape index (κ2) is 11.6. The molecular formula is C28H34N2O6. The Kier molecular flexibility index (Phi) is 8.28. The van der Waals surface area contributed by atoms with Crippen LogP contribution in [0.15, 0.2) is 54.1 Å². The molecule has 2 aliphatic heterocycles. The highest BCUT2D eigenvalue weighted by molar-refractivity contribution is 6.46. The van der Waals surface area contributed by atoms with E-state index in [1.54, 1.807) is 48.4 Å². The lowest BCUT2D eigenvalue weighted by molar-refractivity contribution is -0.140. The van der Waals surface area contributed by atoms with Gasteiger partial charge in [-0.2, -0.15) is 0 Å². The van der Waals surface area contributed by atoms with E-state index in [2.05, 4.69) is 4.90 Å². The quantitative estimate of drug-likeness (QED) is 0.324. The summed E-state index contributed by atoms with van der Waals surface area (Å²) in [7, 11) is 1.58.